The summed E-state index contributed by atoms with van der Waals surface area (Å²) in [4.78, 5) is 2.53. The van der Waals surface area contributed by atoms with Crippen LogP contribution in [0.15, 0.2) is 0 Å². The number of aliphatic hydroxyl groups is 1. The molecule has 0 spiro atoms. The SMILES string of the molecule is OCCCN1CCCC(C2CCCN2)C1. The van der Waals surface area contributed by atoms with Crippen molar-refractivity contribution in [2.45, 2.75) is 38.1 Å². The Morgan fingerprint density at radius 1 is 1.27 bits per heavy atom. The third kappa shape index (κ3) is 3.16. The van der Waals surface area contributed by atoms with Crippen LogP contribution in [0, 0.1) is 5.92 Å². The van der Waals surface area contributed by atoms with Crippen molar-refractivity contribution >= 4 is 0 Å². The molecule has 0 aromatic heterocycles. The predicted molar refractivity (Wildman–Crippen MR) is 61.9 cm³/mol. The van der Waals surface area contributed by atoms with E-state index in [9.17, 15) is 0 Å². The van der Waals surface area contributed by atoms with Gasteiger partial charge in [-0.2, -0.15) is 0 Å². The lowest BCUT2D eigenvalue weighted by molar-refractivity contribution is 0.140. The number of piperidine rings is 1. The molecule has 2 aliphatic heterocycles. The molecule has 2 heterocycles. The second-order valence-corrected chi connectivity index (χ2v) is 4.98. The number of rotatable bonds is 4. The van der Waals surface area contributed by atoms with Gasteiger partial charge >= 0.3 is 0 Å². The van der Waals surface area contributed by atoms with E-state index >= 15 is 0 Å². The lowest BCUT2D eigenvalue weighted by atomic mass is 9.90. The van der Waals surface area contributed by atoms with Crippen LogP contribution in [-0.2, 0) is 0 Å². The van der Waals surface area contributed by atoms with Crippen molar-refractivity contribution in [2.75, 3.05) is 32.8 Å². The van der Waals surface area contributed by atoms with Crippen LogP contribution in [-0.4, -0.2) is 48.8 Å². The van der Waals surface area contributed by atoms with E-state index in [2.05, 4.69) is 10.2 Å². The zero-order valence-corrected chi connectivity index (χ0v) is 9.62. The highest BCUT2D eigenvalue weighted by atomic mass is 16.3. The van der Waals surface area contributed by atoms with Gasteiger partial charge < -0.3 is 15.3 Å². The maximum Gasteiger partial charge on any atom is 0.0443 e. The molecule has 2 atom stereocenters. The van der Waals surface area contributed by atoms with E-state index in [-0.39, 0.29) is 0 Å². The Morgan fingerprint density at radius 3 is 2.93 bits per heavy atom. The Hall–Kier alpha value is -0.120. The van der Waals surface area contributed by atoms with Crippen LogP contribution in [0.2, 0.25) is 0 Å². The second kappa shape index (κ2) is 5.83. The van der Waals surface area contributed by atoms with Gasteiger partial charge in [-0.05, 0) is 51.1 Å². The normalized spacial score (nSPS) is 33.4. The maximum absolute atomic E-state index is 8.84. The van der Waals surface area contributed by atoms with Gasteiger partial charge in [0.1, 0.15) is 0 Å². The van der Waals surface area contributed by atoms with Crippen molar-refractivity contribution in [2.24, 2.45) is 5.92 Å². The fourth-order valence-electron chi connectivity index (χ4n) is 3.03. The largest absolute Gasteiger partial charge is 0.396 e. The predicted octanol–water partition coefficient (Wildman–Crippen LogP) is 0.833. The van der Waals surface area contributed by atoms with Crippen molar-refractivity contribution in [1.82, 2.24) is 10.2 Å². The van der Waals surface area contributed by atoms with Crippen LogP contribution in [0.1, 0.15) is 32.1 Å². The molecule has 0 aromatic rings. The van der Waals surface area contributed by atoms with Crippen LogP contribution in [0.25, 0.3) is 0 Å². The lowest BCUT2D eigenvalue weighted by Crippen LogP contribution is -2.43. The van der Waals surface area contributed by atoms with Crippen molar-refractivity contribution in [3.63, 3.8) is 0 Å². The smallest absolute Gasteiger partial charge is 0.0443 e. The Kier molecular flexibility index (Phi) is 4.42. The Labute approximate surface area is 92.8 Å². The second-order valence-electron chi connectivity index (χ2n) is 4.98. The monoisotopic (exact) mass is 212 g/mol. The first-order chi connectivity index (χ1) is 7.40. The molecule has 0 radical (unpaired) electrons. The fraction of sp³-hybridized carbons (Fsp3) is 1.00. The molecule has 0 aromatic carbocycles. The average Bonchev–Trinajstić information content (AvgIpc) is 2.80. The number of hydrogen-bond acceptors (Lipinski definition) is 3. The summed E-state index contributed by atoms with van der Waals surface area (Å²) < 4.78 is 0. The van der Waals surface area contributed by atoms with Crippen molar-refractivity contribution in [1.29, 1.82) is 0 Å². The number of likely N-dealkylation sites (tertiary alicyclic amines) is 1. The first-order valence-corrected chi connectivity index (χ1v) is 6.47. The number of hydrogen-bond donors (Lipinski definition) is 2. The van der Waals surface area contributed by atoms with E-state index < -0.39 is 0 Å². The Bertz CT molecular complexity index is 180. The van der Waals surface area contributed by atoms with Gasteiger partial charge in [-0.15, -0.1) is 0 Å². The Morgan fingerprint density at radius 2 is 2.20 bits per heavy atom. The summed E-state index contributed by atoms with van der Waals surface area (Å²) in [5, 5.41) is 12.5. The topological polar surface area (TPSA) is 35.5 Å². The molecular formula is C12H24N2O. The van der Waals surface area contributed by atoms with E-state index in [0.717, 1.165) is 24.9 Å². The number of nitrogens with one attached hydrogen (secondary N) is 1. The van der Waals surface area contributed by atoms with Crippen molar-refractivity contribution < 1.29 is 5.11 Å². The summed E-state index contributed by atoms with van der Waals surface area (Å²) in [5.74, 6) is 0.861. The zero-order valence-electron chi connectivity index (χ0n) is 9.62. The molecule has 0 aliphatic carbocycles. The molecule has 3 nitrogen and oxygen atoms in total. The highest BCUT2D eigenvalue weighted by Gasteiger charge is 2.28. The first-order valence-electron chi connectivity index (χ1n) is 6.47. The van der Waals surface area contributed by atoms with Gasteiger partial charge in [-0.1, -0.05) is 0 Å². The summed E-state index contributed by atoms with van der Waals surface area (Å²) in [6.45, 7) is 5.13. The molecule has 2 fully saturated rings. The van der Waals surface area contributed by atoms with Gasteiger partial charge in [0.05, 0.1) is 0 Å². The summed E-state index contributed by atoms with van der Waals surface area (Å²) in [5.41, 5.74) is 0. The standard InChI is InChI=1S/C12H24N2O/c15-9-3-8-14-7-2-4-11(10-14)12-5-1-6-13-12/h11-13,15H,1-10H2. The van der Waals surface area contributed by atoms with E-state index in [4.69, 9.17) is 5.11 Å². The molecule has 3 heteroatoms. The third-order valence-electron chi connectivity index (χ3n) is 3.84. The molecule has 2 rings (SSSR count). The van der Waals surface area contributed by atoms with Gasteiger partial charge in [-0.25, -0.2) is 0 Å². The van der Waals surface area contributed by atoms with Crippen molar-refractivity contribution in [3.8, 4) is 0 Å². The minimum absolute atomic E-state index is 0.336. The number of aliphatic hydroxyl groups excluding tert-OH is 1. The van der Waals surface area contributed by atoms with Crippen LogP contribution in [0.5, 0.6) is 0 Å². The molecule has 0 bridgehead atoms. The van der Waals surface area contributed by atoms with Crippen LogP contribution < -0.4 is 5.32 Å². The fourth-order valence-corrected chi connectivity index (χ4v) is 3.03. The van der Waals surface area contributed by atoms with Gasteiger partial charge in [0.15, 0.2) is 0 Å². The molecule has 2 saturated heterocycles. The molecular weight excluding hydrogens is 188 g/mol. The highest BCUT2D eigenvalue weighted by Crippen LogP contribution is 2.24. The van der Waals surface area contributed by atoms with Crippen LogP contribution >= 0.6 is 0 Å². The maximum atomic E-state index is 8.84. The quantitative estimate of drug-likeness (QED) is 0.724. The third-order valence-corrected chi connectivity index (χ3v) is 3.84. The lowest BCUT2D eigenvalue weighted by Gasteiger charge is -2.35. The van der Waals surface area contributed by atoms with E-state index in [1.807, 2.05) is 0 Å². The first kappa shape index (κ1) is 11.4. The van der Waals surface area contributed by atoms with Crippen LogP contribution in [0.3, 0.4) is 0 Å². The summed E-state index contributed by atoms with van der Waals surface area (Å²) in [7, 11) is 0. The minimum atomic E-state index is 0.336. The van der Waals surface area contributed by atoms with Gasteiger partial charge in [-0.3, -0.25) is 0 Å². The van der Waals surface area contributed by atoms with E-state index in [1.54, 1.807) is 0 Å². The van der Waals surface area contributed by atoms with Gasteiger partial charge in [0.25, 0.3) is 0 Å². The molecule has 0 amide bonds. The summed E-state index contributed by atoms with van der Waals surface area (Å²) in [6, 6.07) is 0.780. The molecule has 0 saturated carbocycles. The molecule has 2 aliphatic rings. The Balaban J connectivity index is 1.75. The van der Waals surface area contributed by atoms with Crippen molar-refractivity contribution in [3.05, 3.63) is 0 Å². The highest BCUT2D eigenvalue weighted by molar-refractivity contribution is 4.86. The van der Waals surface area contributed by atoms with Gasteiger partial charge in [0, 0.05) is 25.7 Å². The summed E-state index contributed by atoms with van der Waals surface area (Å²) >= 11 is 0. The van der Waals surface area contributed by atoms with E-state index in [0.29, 0.717) is 6.61 Å². The number of nitrogens with zero attached hydrogens (tertiary/aromatic N) is 1. The minimum Gasteiger partial charge on any atom is -0.396 e. The zero-order chi connectivity index (χ0) is 10.5. The average molecular weight is 212 g/mol. The molecule has 15 heavy (non-hydrogen) atoms. The van der Waals surface area contributed by atoms with Gasteiger partial charge in [0.2, 0.25) is 0 Å². The van der Waals surface area contributed by atoms with Crippen LogP contribution in [0.4, 0.5) is 0 Å². The molecule has 2 unspecified atom stereocenters. The van der Waals surface area contributed by atoms with E-state index in [1.165, 1.54) is 45.3 Å². The summed E-state index contributed by atoms with van der Waals surface area (Å²) in [6.07, 6.45) is 6.41. The molecule has 2 N–H and O–H groups in total. The molecule has 88 valence electrons.